The quantitative estimate of drug-likeness (QED) is 0.660. The van der Waals surface area contributed by atoms with Gasteiger partial charge in [-0.05, 0) is 39.3 Å². The second-order valence-electron chi connectivity index (χ2n) is 5.86. The molecule has 0 heterocycles. The monoisotopic (exact) mass is 271 g/mol. The Balaban J connectivity index is 2.10. The average molecular weight is 271 g/mol. The van der Waals surface area contributed by atoms with Gasteiger partial charge in [0.1, 0.15) is 0 Å². The minimum absolute atomic E-state index is 0.126. The van der Waals surface area contributed by atoms with E-state index in [1.807, 2.05) is 14.1 Å². The Morgan fingerprint density at radius 3 is 2.74 bits per heavy atom. The second-order valence-corrected chi connectivity index (χ2v) is 5.86. The minimum Gasteiger partial charge on any atom is -0.378 e. The molecule has 112 valence electrons. The van der Waals surface area contributed by atoms with Crippen molar-refractivity contribution in [1.29, 1.82) is 0 Å². The number of rotatable bonds is 7. The number of hydrogen-bond donors (Lipinski definition) is 2. The largest absolute Gasteiger partial charge is 0.378 e. The summed E-state index contributed by atoms with van der Waals surface area (Å²) in [6.07, 6.45) is 2.83. The molecule has 1 fully saturated rings. The molecule has 3 atom stereocenters. The van der Waals surface area contributed by atoms with Crippen molar-refractivity contribution < 1.29 is 9.53 Å². The van der Waals surface area contributed by atoms with Crippen molar-refractivity contribution in [2.24, 2.45) is 17.6 Å². The SMILES string of the molecule is CC1CC(N)CCC1C(=O)NCCOCCN(C)C. The Morgan fingerprint density at radius 1 is 1.37 bits per heavy atom. The van der Waals surface area contributed by atoms with Crippen LogP contribution in [0.5, 0.6) is 0 Å². The molecule has 1 saturated carbocycles. The van der Waals surface area contributed by atoms with Crippen LogP contribution in [0.1, 0.15) is 26.2 Å². The van der Waals surface area contributed by atoms with E-state index in [2.05, 4.69) is 17.1 Å². The van der Waals surface area contributed by atoms with Gasteiger partial charge in [-0.1, -0.05) is 6.92 Å². The normalized spacial score (nSPS) is 27.5. The van der Waals surface area contributed by atoms with E-state index in [0.717, 1.165) is 25.8 Å². The fraction of sp³-hybridized carbons (Fsp3) is 0.929. The summed E-state index contributed by atoms with van der Waals surface area (Å²) in [5.41, 5.74) is 5.91. The first-order valence-corrected chi connectivity index (χ1v) is 7.26. The highest BCUT2D eigenvalue weighted by atomic mass is 16.5. The highest BCUT2D eigenvalue weighted by Crippen LogP contribution is 2.28. The molecule has 0 bridgehead atoms. The lowest BCUT2D eigenvalue weighted by atomic mass is 9.78. The standard InChI is InChI=1S/C14H29N3O2/c1-11-10-12(15)4-5-13(11)14(18)16-6-8-19-9-7-17(2)3/h11-13H,4-10,15H2,1-3H3,(H,16,18). The third-order valence-corrected chi connectivity index (χ3v) is 3.78. The fourth-order valence-corrected chi connectivity index (χ4v) is 2.55. The lowest BCUT2D eigenvalue weighted by molar-refractivity contribution is -0.127. The van der Waals surface area contributed by atoms with Crippen LogP contribution in [0.15, 0.2) is 0 Å². The van der Waals surface area contributed by atoms with Crippen LogP contribution in [-0.4, -0.2) is 57.2 Å². The molecule has 3 unspecified atom stereocenters. The molecule has 0 aromatic rings. The van der Waals surface area contributed by atoms with E-state index < -0.39 is 0 Å². The van der Waals surface area contributed by atoms with Gasteiger partial charge in [-0.15, -0.1) is 0 Å². The Morgan fingerprint density at radius 2 is 2.11 bits per heavy atom. The van der Waals surface area contributed by atoms with E-state index in [1.165, 1.54) is 0 Å². The van der Waals surface area contributed by atoms with E-state index >= 15 is 0 Å². The molecule has 0 saturated heterocycles. The maximum absolute atomic E-state index is 12.0. The minimum atomic E-state index is 0.126. The van der Waals surface area contributed by atoms with E-state index in [9.17, 15) is 4.79 Å². The number of carbonyl (C=O) groups is 1. The van der Waals surface area contributed by atoms with Gasteiger partial charge >= 0.3 is 0 Å². The van der Waals surface area contributed by atoms with E-state index in [4.69, 9.17) is 10.5 Å². The molecule has 0 aliphatic heterocycles. The third kappa shape index (κ3) is 6.36. The lowest BCUT2D eigenvalue weighted by Crippen LogP contribution is -2.41. The molecule has 1 rings (SSSR count). The smallest absolute Gasteiger partial charge is 0.223 e. The van der Waals surface area contributed by atoms with Crippen LogP contribution in [0.25, 0.3) is 0 Å². The van der Waals surface area contributed by atoms with Crippen molar-refractivity contribution in [3.63, 3.8) is 0 Å². The first-order chi connectivity index (χ1) is 9.00. The highest BCUT2D eigenvalue weighted by Gasteiger charge is 2.30. The van der Waals surface area contributed by atoms with Gasteiger partial charge in [-0.25, -0.2) is 0 Å². The van der Waals surface area contributed by atoms with Crippen LogP contribution in [0.4, 0.5) is 0 Å². The van der Waals surface area contributed by atoms with Gasteiger partial charge in [0.15, 0.2) is 0 Å². The zero-order chi connectivity index (χ0) is 14.3. The van der Waals surface area contributed by atoms with Gasteiger partial charge in [0.25, 0.3) is 0 Å². The summed E-state index contributed by atoms with van der Waals surface area (Å²) in [7, 11) is 4.03. The maximum Gasteiger partial charge on any atom is 0.223 e. The number of carbonyl (C=O) groups excluding carboxylic acids is 1. The van der Waals surface area contributed by atoms with Crippen molar-refractivity contribution in [3.05, 3.63) is 0 Å². The van der Waals surface area contributed by atoms with Crippen LogP contribution >= 0.6 is 0 Å². The number of ether oxygens (including phenoxy) is 1. The number of nitrogens with two attached hydrogens (primary N) is 1. The highest BCUT2D eigenvalue weighted by molar-refractivity contribution is 5.79. The van der Waals surface area contributed by atoms with Gasteiger partial charge < -0.3 is 20.7 Å². The van der Waals surface area contributed by atoms with Crippen LogP contribution in [0, 0.1) is 11.8 Å². The summed E-state index contributed by atoms with van der Waals surface area (Å²) in [6.45, 7) is 4.92. The van der Waals surface area contributed by atoms with Gasteiger partial charge in [-0.3, -0.25) is 4.79 Å². The number of nitrogens with one attached hydrogen (secondary N) is 1. The predicted octanol–water partition coefficient (Wildman–Crippen LogP) is 0.444. The van der Waals surface area contributed by atoms with Gasteiger partial charge in [0, 0.05) is 25.0 Å². The Labute approximate surface area is 116 Å². The van der Waals surface area contributed by atoms with Crippen LogP contribution in [0.3, 0.4) is 0 Å². The molecular formula is C14H29N3O2. The van der Waals surface area contributed by atoms with Crippen molar-refractivity contribution >= 4 is 5.91 Å². The Hall–Kier alpha value is -0.650. The molecule has 0 spiro atoms. The van der Waals surface area contributed by atoms with Crippen LogP contribution < -0.4 is 11.1 Å². The molecule has 1 aliphatic carbocycles. The number of amides is 1. The molecule has 5 heteroatoms. The summed E-state index contributed by atoms with van der Waals surface area (Å²) < 4.78 is 5.45. The molecule has 0 aromatic carbocycles. The zero-order valence-corrected chi connectivity index (χ0v) is 12.5. The van der Waals surface area contributed by atoms with Gasteiger partial charge in [0.2, 0.25) is 5.91 Å². The number of hydrogen-bond acceptors (Lipinski definition) is 4. The van der Waals surface area contributed by atoms with E-state index in [0.29, 0.717) is 25.7 Å². The van der Waals surface area contributed by atoms with E-state index in [-0.39, 0.29) is 17.9 Å². The van der Waals surface area contributed by atoms with Crippen molar-refractivity contribution in [2.75, 3.05) is 40.4 Å². The predicted molar refractivity (Wildman–Crippen MR) is 76.9 cm³/mol. The topological polar surface area (TPSA) is 67.6 Å². The van der Waals surface area contributed by atoms with Gasteiger partial charge in [0.05, 0.1) is 13.2 Å². The maximum atomic E-state index is 12.0. The third-order valence-electron chi connectivity index (χ3n) is 3.78. The number of nitrogens with zero attached hydrogens (tertiary/aromatic N) is 1. The molecule has 1 amide bonds. The lowest BCUT2D eigenvalue weighted by Gasteiger charge is -2.31. The van der Waals surface area contributed by atoms with Gasteiger partial charge in [-0.2, -0.15) is 0 Å². The Bertz CT molecular complexity index is 271. The van der Waals surface area contributed by atoms with Crippen molar-refractivity contribution in [1.82, 2.24) is 10.2 Å². The zero-order valence-electron chi connectivity index (χ0n) is 12.5. The van der Waals surface area contributed by atoms with Crippen LogP contribution in [0.2, 0.25) is 0 Å². The van der Waals surface area contributed by atoms with E-state index in [1.54, 1.807) is 0 Å². The molecule has 0 radical (unpaired) electrons. The first-order valence-electron chi connectivity index (χ1n) is 7.26. The summed E-state index contributed by atoms with van der Waals surface area (Å²) >= 11 is 0. The first kappa shape index (κ1) is 16.4. The summed E-state index contributed by atoms with van der Waals surface area (Å²) in [4.78, 5) is 14.1. The average Bonchev–Trinajstić information content (AvgIpc) is 2.32. The van der Waals surface area contributed by atoms with Crippen LogP contribution in [-0.2, 0) is 9.53 Å². The summed E-state index contributed by atoms with van der Waals surface area (Å²) in [6, 6.07) is 0.272. The Kier molecular flexibility index (Phi) is 7.34. The summed E-state index contributed by atoms with van der Waals surface area (Å²) in [5, 5.41) is 2.97. The summed E-state index contributed by atoms with van der Waals surface area (Å²) in [5.74, 6) is 0.676. The fourth-order valence-electron chi connectivity index (χ4n) is 2.55. The molecule has 3 N–H and O–H groups in total. The van der Waals surface area contributed by atoms with Crippen molar-refractivity contribution in [3.8, 4) is 0 Å². The van der Waals surface area contributed by atoms with Crippen molar-refractivity contribution in [2.45, 2.75) is 32.2 Å². The molecule has 1 aliphatic rings. The molecule has 0 aromatic heterocycles. The molecule has 5 nitrogen and oxygen atoms in total. The molecule has 19 heavy (non-hydrogen) atoms. The number of likely N-dealkylation sites (N-methyl/N-ethyl adjacent to an activating group) is 1. The molecular weight excluding hydrogens is 242 g/mol. The second kappa shape index (κ2) is 8.51.